The van der Waals surface area contributed by atoms with E-state index in [2.05, 4.69) is 26.8 Å². The molecule has 7 nitrogen and oxygen atoms in total. The molecule has 0 amide bonds. The number of hydrogen-bond donors (Lipinski definition) is 1. The zero-order valence-corrected chi connectivity index (χ0v) is 18.9. The predicted molar refractivity (Wildman–Crippen MR) is 123 cm³/mol. The van der Waals surface area contributed by atoms with Gasteiger partial charge in [-0.05, 0) is 24.6 Å². The topological polar surface area (TPSA) is 102 Å². The van der Waals surface area contributed by atoms with Gasteiger partial charge >= 0.3 is 0 Å². The Hall–Kier alpha value is -2.67. The average Bonchev–Trinajstić information content (AvgIpc) is 3.34. The van der Waals surface area contributed by atoms with E-state index in [9.17, 15) is 8.42 Å². The minimum Gasteiger partial charge on any atom is -0.368 e. The van der Waals surface area contributed by atoms with E-state index in [1.165, 1.54) is 6.20 Å². The van der Waals surface area contributed by atoms with Crippen LogP contribution in [0.5, 0.6) is 0 Å². The molecule has 1 aromatic carbocycles. The van der Waals surface area contributed by atoms with Crippen molar-refractivity contribution in [3.8, 4) is 11.8 Å². The summed E-state index contributed by atoms with van der Waals surface area (Å²) in [5.41, 5.74) is 7.96. The molecule has 0 saturated carbocycles. The van der Waals surface area contributed by atoms with Crippen LogP contribution in [0.4, 0.5) is 17.5 Å². The average molecular weight is 472 g/mol. The Labute approximate surface area is 189 Å². The maximum atomic E-state index is 12.1. The largest absolute Gasteiger partial charge is 0.368 e. The third kappa shape index (κ3) is 3.55. The molecule has 0 aliphatic carbocycles. The molecule has 1 fully saturated rings. The van der Waals surface area contributed by atoms with E-state index in [-0.39, 0.29) is 23.4 Å². The summed E-state index contributed by atoms with van der Waals surface area (Å²) in [5.74, 6) is 7.27. The van der Waals surface area contributed by atoms with Gasteiger partial charge in [-0.3, -0.25) is 0 Å². The van der Waals surface area contributed by atoms with Crippen LogP contribution in [-0.2, 0) is 15.3 Å². The van der Waals surface area contributed by atoms with E-state index in [0.29, 0.717) is 17.4 Å². The summed E-state index contributed by atoms with van der Waals surface area (Å²) in [6.45, 7) is 2.48. The van der Waals surface area contributed by atoms with Gasteiger partial charge in [-0.15, -0.1) is 11.3 Å². The predicted octanol–water partition coefficient (Wildman–Crippen LogP) is 3.14. The molecule has 31 heavy (non-hydrogen) atoms. The van der Waals surface area contributed by atoms with Gasteiger partial charge < -0.3 is 10.6 Å². The first-order valence-corrected chi connectivity index (χ1v) is 12.7. The molecule has 2 N–H and O–H groups in total. The highest BCUT2D eigenvalue weighted by Gasteiger charge is 2.55. The number of nitrogens with two attached hydrogens (primary N) is 1. The summed E-state index contributed by atoms with van der Waals surface area (Å²) in [6, 6.07) is 5.87. The van der Waals surface area contributed by atoms with Gasteiger partial charge in [0.25, 0.3) is 0 Å². The maximum Gasteiger partial charge on any atom is 0.222 e. The van der Waals surface area contributed by atoms with Crippen molar-refractivity contribution in [1.29, 1.82) is 0 Å². The lowest BCUT2D eigenvalue weighted by atomic mass is 9.85. The van der Waals surface area contributed by atoms with Crippen LogP contribution < -0.4 is 10.6 Å². The number of rotatable bonds is 2. The maximum absolute atomic E-state index is 12.1. The van der Waals surface area contributed by atoms with Crippen molar-refractivity contribution in [3.63, 3.8) is 0 Å². The van der Waals surface area contributed by atoms with Crippen molar-refractivity contribution in [2.24, 2.45) is 0 Å². The Kier molecular flexibility index (Phi) is 4.70. The van der Waals surface area contributed by atoms with E-state index in [4.69, 9.17) is 17.3 Å². The van der Waals surface area contributed by atoms with E-state index in [0.717, 1.165) is 21.8 Å². The molecule has 1 atom stereocenters. The Balaban J connectivity index is 1.57. The second kappa shape index (κ2) is 7.19. The fraction of sp³-hybridized carbons (Fsp3) is 0.286. The van der Waals surface area contributed by atoms with Crippen LogP contribution in [0.3, 0.4) is 0 Å². The Bertz CT molecular complexity index is 1330. The van der Waals surface area contributed by atoms with Crippen LogP contribution in [-0.4, -0.2) is 41.4 Å². The monoisotopic (exact) mass is 471 g/mol. The summed E-state index contributed by atoms with van der Waals surface area (Å²) < 4.78 is 24.1. The number of hydrogen-bond acceptors (Lipinski definition) is 8. The first kappa shape index (κ1) is 20.2. The minimum atomic E-state index is -3.05. The minimum absolute atomic E-state index is 0.0172. The number of fused-ring (bicyclic) bond motifs is 2. The van der Waals surface area contributed by atoms with Crippen molar-refractivity contribution >= 4 is 50.2 Å². The summed E-state index contributed by atoms with van der Waals surface area (Å²) in [5, 5.41) is 3.26. The SMILES string of the molecule is CC(C#Cc1ccc2c(c1)N(c1nc(N)ncc1Cl)CC21CS(=O)(=O)C1)c1nccs1. The van der Waals surface area contributed by atoms with Crippen molar-refractivity contribution in [3.05, 3.63) is 57.1 Å². The Morgan fingerprint density at radius 2 is 2.13 bits per heavy atom. The van der Waals surface area contributed by atoms with Gasteiger partial charge in [0.05, 0.1) is 23.6 Å². The van der Waals surface area contributed by atoms with Crippen molar-refractivity contribution in [2.75, 3.05) is 28.7 Å². The van der Waals surface area contributed by atoms with Gasteiger partial charge in [0.1, 0.15) is 10.0 Å². The van der Waals surface area contributed by atoms with Crippen LogP contribution in [0.2, 0.25) is 5.02 Å². The van der Waals surface area contributed by atoms with Crippen LogP contribution in [0.25, 0.3) is 0 Å². The standard InChI is InChI=1S/C21H18ClN5O2S2/c1-13(19-24-6-7-30-19)2-3-14-4-5-15-17(8-14)27(10-21(15)11-31(28,29)12-21)18-16(22)9-25-20(23)26-18/h4-9,13H,10-12H2,1H3,(H2,23,25,26). The van der Waals surface area contributed by atoms with Crippen LogP contribution in [0.15, 0.2) is 36.0 Å². The zero-order chi connectivity index (χ0) is 21.8. The lowest BCUT2D eigenvalue weighted by molar-refractivity contribution is 0.481. The van der Waals surface area contributed by atoms with E-state index in [1.807, 2.05) is 35.4 Å². The molecule has 1 spiro atoms. The Morgan fingerprint density at radius 3 is 2.84 bits per heavy atom. The van der Waals surface area contributed by atoms with E-state index < -0.39 is 15.3 Å². The summed E-state index contributed by atoms with van der Waals surface area (Å²) in [7, 11) is -3.05. The smallest absolute Gasteiger partial charge is 0.222 e. The fourth-order valence-electron chi connectivity index (χ4n) is 4.25. The third-order valence-corrected chi connectivity index (χ3v) is 8.78. The lowest BCUT2D eigenvalue weighted by Crippen LogP contribution is -2.54. The Morgan fingerprint density at radius 1 is 1.32 bits per heavy atom. The number of aromatic nitrogens is 3. The van der Waals surface area contributed by atoms with E-state index >= 15 is 0 Å². The molecular weight excluding hydrogens is 454 g/mol. The molecule has 1 unspecified atom stereocenters. The fourth-order valence-corrected chi connectivity index (χ4v) is 7.18. The van der Waals surface area contributed by atoms with Gasteiger partial charge in [-0.1, -0.05) is 29.5 Å². The normalized spacial score (nSPS) is 18.7. The van der Waals surface area contributed by atoms with E-state index in [1.54, 1.807) is 17.5 Å². The molecule has 158 valence electrons. The highest BCUT2D eigenvalue weighted by molar-refractivity contribution is 7.93. The van der Waals surface area contributed by atoms with Crippen molar-refractivity contribution < 1.29 is 8.42 Å². The summed E-state index contributed by atoms with van der Waals surface area (Å²) in [6.07, 6.45) is 3.23. The molecule has 5 rings (SSSR count). The van der Waals surface area contributed by atoms with Gasteiger partial charge in [0.15, 0.2) is 15.7 Å². The first-order valence-electron chi connectivity index (χ1n) is 9.58. The number of anilines is 3. The number of nitrogen functional groups attached to an aromatic ring is 1. The lowest BCUT2D eigenvalue weighted by Gasteiger charge is -2.38. The van der Waals surface area contributed by atoms with Gasteiger partial charge in [-0.25, -0.2) is 18.4 Å². The zero-order valence-electron chi connectivity index (χ0n) is 16.5. The summed E-state index contributed by atoms with van der Waals surface area (Å²) in [4.78, 5) is 14.5. The number of thiazole rings is 1. The van der Waals surface area contributed by atoms with Gasteiger partial charge in [0, 0.05) is 34.8 Å². The molecule has 10 heteroatoms. The van der Waals surface area contributed by atoms with Crippen LogP contribution >= 0.6 is 22.9 Å². The van der Waals surface area contributed by atoms with Crippen LogP contribution in [0, 0.1) is 11.8 Å². The molecular formula is C21H18ClN5O2S2. The second-order valence-corrected chi connectivity index (χ2v) is 11.3. The van der Waals surface area contributed by atoms with Gasteiger partial charge in [0.2, 0.25) is 5.95 Å². The molecule has 3 aromatic rings. The van der Waals surface area contributed by atoms with Crippen molar-refractivity contribution in [1.82, 2.24) is 15.0 Å². The molecule has 2 aliphatic heterocycles. The molecule has 4 heterocycles. The highest BCUT2D eigenvalue weighted by atomic mass is 35.5. The summed E-state index contributed by atoms with van der Waals surface area (Å²) >= 11 is 7.96. The molecule has 0 bridgehead atoms. The molecule has 2 aromatic heterocycles. The highest BCUT2D eigenvalue weighted by Crippen LogP contribution is 2.51. The quantitative estimate of drug-likeness (QED) is 0.573. The third-order valence-electron chi connectivity index (χ3n) is 5.57. The number of benzene rings is 1. The van der Waals surface area contributed by atoms with Crippen molar-refractivity contribution in [2.45, 2.75) is 18.3 Å². The molecule has 2 aliphatic rings. The molecule has 1 saturated heterocycles. The number of sulfone groups is 1. The molecule has 0 radical (unpaired) electrons. The number of nitrogens with zero attached hydrogens (tertiary/aromatic N) is 4. The van der Waals surface area contributed by atoms with Gasteiger partial charge in [-0.2, -0.15) is 4.98 Å². The number of halogens is 1. The van der Waals surface area contributed by atoms with Crippen LogP contribution in [0.1, 0.15) is 29.0 Å². The second-order valence-electron chi connectivity index (χ2n) is 7.89. The first-order chi connectivity index (χ1) is 14.8.